The smallest absolute Gasteiger partial charge is 0.287 e. The predicted octanol–water partition coefficient (Wildman–Crippen LogP) is 3.57. The first-order chi connectivity index (χ1) is 11.1. The molecule has 2 heterocycles. The number of rotatable bonds is 3. The molecule has 0 unspecified atom stereocenters. The first kappa shape index (κ1) is 14.7. The van der Waals surface area contributed by atoms with Crippen molar-refractivity contribution in [1.82, 2.24) is 5.32 Å². The number of benzene rings is 1. The van der Waals surface area contributed by atoms with Gasteiger partial charge in [-0.05, 0) is 32.3 Å². The molecule has 2 atom stereocenters. The van der Waals surface area contributed by atoms with E-state index in [0.29, 0.717) is 17.5 Å². The molecule has 0 radical (unpaired) electrons. The number of fused-ring (bicyclic) bond motifs is 2. The molecule has 4 rings (SSSR count). The number of hydrogen-bond donors (Lipinski definition) is 1. The fourth-order valence-corrected chi connectivity index (χ4v) is 4.11. The fraction of sp³-hybridized carbons (Fsp3) is 0.500. The number of halogens is 1. The van der Waals surface area contributed by atoms with Crippen LogP contribution in [0.2, 0.25) is 0 Å². The Kier molecular flexibility index (Phi) is 3.41. The first-order valence-electron chi connectivity index (χ1n) is 8.18. The summed E-state index contributed by atoms with van der Waals surface area (Å²) in [6, 6.07) is 4.73. The molecule has 1 aliphatic carbocycles. The van der Waals surface area contributed by atoms with Crippen LogP contribution in [-0.2, 0) is 4.74 Å². The predicted molar refractivity (Wildman–Crippen MR) is 83.9 cm³/mol. The average molecular weight is 317 g/mol. The molecule has 0 spiro atoms. The molecule has 2 aromatic rings. The van der Waals surface area contributed by atoms with Gasteiger partial charge in [-0.2, -0.15) is 0 Å². The van der Waals surface area contributed by atoms with Crippen LogP contribution in [0.5, 0.6) is 0 Å². The monoisotopic (exact) mass is 317 g/mol. The number of ether oxygens (including phenoxy) is 1. The molecule has 1 aliphatic heterocycles. The lowest BCUT2D eigenvalue weighted by molar-refractivity contribution is 0.0663. The van der Waals surface area contributed by atoms with Gasteiger partial charge in [-0.15, -0.1) is 0 Å². The molecule has 1 aromatic carbocycles. The summed E-state index contributed by atoms with van der Waals surface area (Å²) in [5.74, 6) is -0.511. The van der Waals surface area contributed by atoms with Gasteiger partial charge in [0.25, 0.3) is 5.91 Å². The van der Waals surface area contributed by atoms with Crippen molar-refractivity contribution in [3.63, 3.8) is 0 Å². The maximum Gasteiger partial charge on any atom is 0.287 e. The Morgan fingerprint density at radius 1 is 1.43 bits per heavy atom. The number of carbonyl (C=O) groups excluding carboxylic acids is 1. The highest BCUT2D eigenvalue weighted by molar-refractivity contribution is 5.99. The standard InChI is InChI=1S/C18H20FNO3/c1-11-12-4-2-5-13(19)16(12)23-15(11)17(21)20-10-18-7-3-6-14(18)22-9-8-18/h2,4-5,14H,3,6-10H2,1H3,(H,20,21)/t14-,18-/m1/s1. The van der Waals surface area contributed by atoms with Crippen molar-refractivity contribution in [3.8, 4) is 0 Å². The van der Waals surface area contributed by atoms with Gasteiger partial charge in [0.1, 0.15) is 0 Å². The summed E-state index contributed by atoms with van der Waals surface area (Å²) in [6.07, 6.45) is 4.56. The summed E-state index contributed by atoms with van der Waals surface area (Å²) >= 11 is 0. The molecule has 23 heavy (non-hydrogen) atoms. The van der Waals surface area contributed by atoms with E-state index in [1.165, 1.54) is 6.07 Å². The minimum absolute atomic E-state index is 0.0703. The van der Waals surface area contributed by atoms with Crippen molar-refractivity contribution in [3.05, 3.63) is 35.3 Å². The van der Waals surface area contributed by atoms with Crippen LogP contribution in [0.15, 0.2) is 22.6 Å². The summed E-state index contributed by atoms with van der Waals surface area (Å²) in [7, 11) is 0. The van der Waals surface area contributed by atoms with Crippen LogP contribution in [-0.4, -0.2) is 25.2 Å². The number of aryl methyl sites for hydroxylation is 1. The highest BCUT2D eigenvalue weighted by Crippen LogP contribution is 2.46. The summed E-state index contributed by atoms with van der Waals surface area (Å²) in [4.78, 5) is 12.5. The van der Waals surface area contributed by atoms with E-state index in [1.807, 2.05) is 0 Å². The fourth-order valence-electron chi connectivity index (χ4n) is 4.11. The molecule has 5 heteroatoms. The molecule has 0 bridgehead atoms. The molecule has 2 aliphatic rings. The van der Waals surface area contributed by atoms with Crippen molar-refractivity contribution in [2.75, 3.05) is 13.2 Å². The summed E-state index contributed by atoms with van der Waals surface area (Å²) in [5.41, 5.74) is 0.900. The molecule has 4 nitrogen and oxygen atoms in total. The molecule has 1 amide bonds. The highest BCUT2D eigenvalue weighted by atomic mass is 19.1. The minimum Gasteiger partial charge on any atom is -0.448 e. The SMILES string of the molecule is Cc1c(C(=O)NC[C@]23CCC[C@H]2OCC3)oc2c(F)cccc12. The lowest BCUT2D eigenvalue weighted by atomic mass is 9.83. The maximum atomic E-state index is 13.8. The van der Waals surface area contributed by atoms with Gasteiger partial charge >= 0.3 is 0 Å². The molecular formula is C18H20FNO3. The number of furan rings is 1. The lowest BCUT2D eigenvalue weighted by Gasteiger charge is -2.27. The minimum atomic E-state index is -0.441. The van der Waals surface area contributed by atoms with Gasteiger partial charge in [0, 0.05) is 29.5 Å². The third-order valence-electron chi connectivity index (χ3n) is 5.47. The largest absolute Gasteiger partial charge is 0.448 e. The molecule has 1 saturated carbocycles. The quantitative estimate of drug-likeness (QED) is 0.941. The summed E-state index contributed by atoms with van der Waals surface area (Å²) in [5, 5.41) is 3.64. The summed E-state index contributed by atoms with van der Waals surface area (Å²) < 4.78 is 25.1. The second-order valence-electron chi connectivity index (χ2n) is 6.72. The normalized spacial score (nSPS) is 26.6. The number of carbonyl (C=O) groups is 1. The Bertz CT molecular complexity index is 757. The van der Waals surface area contributed by atoms with Crippen molar-refractivity contribution >= 4 is 16.9 Å². The zero-order chi connectivity index (χ0) is 16.0. The molecule has 2 fully saturated rings. The third-order valence-corrected chi connectivity index (χ3v) is 5.47. The van der Waals surface area contributed by atoms with Crippen LogP contribution in [0.4, 0.5) is 4.39 Å². The molecule has 1 aromatic heterocycles. The van der Waals surface area contributed by atoms with Crippen molar-refractivity contribution in [2.45, 2.75) is 38.7 Å². The van der Waals surface area contributed by atoms with Gasteiger partial charge in [-0.3, -0.25) is 4.79 Å². The van der Waals surface area contributed by atoms with Gasteiger partial charge < -0.3 is 14.5 Å². The van der Waals surface area contributed by atoms with Gasteiger partial charge in [0.15, 0.2) is 17.2 Å². The number of para-hydroxylation sites is 1. The Morgan fingerprint density at radius 3 is 3.13 bits per heavy atom. The van der Waals surface area contributed by atoms with E-state index in [9.17, 15) is 9.18 Å². The topological polar surface area (TPSA) is 51.5 Å². The van der Waals surface area contributed by atoms with E-state index in [1.54, 1.807) is 19.1 Å². The number of nitrogens with one attached hydrogen (secondary N) is 1. The van der Waals surface area contributed by atoms with Gasteiger partial charge in [-0.1, -0.05) is 18.6 Å². The van der Waals surface area contributed by atoms with E-state index in [4.69, 9.17) is 9.15 Å². The molecule has 1 N–H and O–H groups in total. The maximum absolute atomic E-state index is 13.8. The zero-order valence-electron chi connectivity index (χ0n) is 13.2. The van der Waals surface area contributed by atoms with E-state index in [2.05, 4.69) is 5.32 Å². The van der Waals surface area contributed by atoms with E-state index in [-0.39, 0.29) is 28.8 Å². The van der Waals surface area contributed by atoms with Gasteiger partial charge in [0.05, 0.1) is 6.10 Å². The Hall–Kier alpha value is -1.88. The zero-order valence-corrected chi connectivity index (χ0v) is 13.2. The van der Waals surface area contributed by atoms with Gasteiger partial charge in [0.2, 0.25) is 0 Å². The second-order valence-corrected chi connectivity index (χ2v) is 6.72. The van der Waals surface area contributed by atoms with Crippen LogP contribution in [0.25, 0.3) is 11.0 Å². The second kappa shape index (κ2) is 5.34. The van der Waals surface area contributed by atoms with Crippen molar-refractivity contribution < 1.29 is 18.3 Å². The van der Waals surface area contributed by atoms with E-state index >= 15 is 0 Å². The van der Waals surface area contributed by atoms with Crippen molar-refractivity contribution in [1.29, 1.82) is 0 Å². The number of hydrogen-bond acceptors (Lipinski definition) is 3. The van der Waals surface area contributed by atoms with Crippen LogP contribution >= 0.6 is 0 Å². The van der Waals surface area contributed by atoms with Crippen LogP contribution in [0.1, 0.15) is 41.8 Å². The summed E-state index contributed by atoms with van der Waals surface area (Å²) in [6.45, 7) is 3.15. The third kappa shape index (κ3) is 2.26. The average Bonchev–Trinajstić information content (AvgIpc) is 3.19. The lowest BCUT2D eigenvalue weighted by Crippen LogP contribution is -2.39. The van der Waals surface area contributed by atoms with Crippen LogP contribution < -0.4 is 5.32 Å². The Labute approximate surface area is 134 Å². The Morgan fingerprint density at radius 2 is 2.30 bits per heavy atom. The number of amides is 1. The van der Waals surface area contributed by atoms with Crippen molar-refractivity contribution in [2.24, 2.45) is 5.41 Å². The first-order valence-corrected chi connectivity index (χ1v) is 8.18. The molecule has 122 valence electrons. The van der Waals surface area contributed by atoms with Crippen LogP contribution in [0, 0.1) is 18.2 Å². The molecular weight excluding hydrogens is 297 g/mol. The van der Waals surface area contributed by atoms with E-state index in [0.717, 1.165) is 32.3 Å². The molecule has 1 saturated heterocycles. The van der Waals surface area contributed by atoms with E-state index < -0.39 is 5.82 Å². The Balaban J connectivity index is 1.56. The van der Waals surface area contributed by atoms with Crippen LogP contribution in [0.3, 0.4) is 0 Å². The van der Waals surface area contributed by atoms with Gasteiger partial charge in [-0.25, -0.2) is 4.39 Å². The highest BCUT2D eigenvalue weighted by Gasteiger charge is 2.47.